The van der Waals surface area contributed by atoms with Crippen molar-refractivity contribution in [2.24, 2.45) is 0 Å². The third-order valence-corrected chi connectivity index (χ3v) is 3.30. The highest BCUT2D eigenvalue weighted by Gasteiger charge is 2.07. The average molecular weight is 294 g/mol. The Hall–Kier alpha value is -1.29. The molecule has 0 saturated heterocycles. The largest absolute Gasteiger partial charge is 0.398 e. The fourth-order valence-corrected chi connectivity index (χ4v) is 2.03. The molecule has 2 rings (SSSR count). The lowest BCUT2D eigenvalue weighted by molar-refractivity contribution is 0.765. The van der Waals surface area contributed by atoms with Crippen molar-refractivity contribution in [2.75, 3.05) is 11.1 Å². The van der Waals surface area contributed by atoms with Crippen LogP contribution in [-0.4, -0.2) is 11.0 Å². The lowest BCUT2D eigenvalue weighted by Crippen LogP contribution is -2.14. The fraction of sp³-hybridized carbons (Fsp3) is 0.308. The van der Waals surface area contributed by atoms with Gasteiger partial charge in [0.2, 0.25) is 0 Å². The second kappa shape index (κ2) is 4.92. The van der Waals surface area contributed by atoms with Crippen LogP contribution in [0.15, 0.2) is 28.9 Å². The minimum Gasteiger partial charge on any atom is -0.398 e. The van der Waals surface area contributed by atoms with Gasteiger partial charge in [0.05, 0.1) is 11.2 Å². The maximum absolute atomic E-state index is 5.97. The predicted octanol–water partition coefficient (Wildman–Crippen LogP) is 3.79. The van der Waals surface area contributed by atoms with E-state index in [1.165, 1.54) is 0 Å². The smallest absolute Gasteiger partial charge is 0.0954 e. The van der Waals surface area contributed by atoms with Crippen molar-refractivity contribution in [3.8, 4) is 0 Å². The van der Waals surface area contributed by atoms with E-state index in [1.54, 1.807) is 6.20 Å². The van der Waals surface area contributed by atoms with Gasteiger partial charge in [-0.25, -0.2) is 0 Å². The van der Waals surface area contributed by atoms with Crippen molar-refractivity contribution in [1.29, 1.82) is 0 Å². The number of hydrogen-bond acceptors (Lipinski definition) is 3. The van der Waals surface area contributed by atoms with E-state index in [-0.39, 0.29) is 0 Å². The van der Waals surface area contributed by atoms with Crippen LogP contribution in [-0.2, 0) is 0 Å². The van der Waals surface area contributed by atoms with E-state index in [2.05, 4.69) is 40.1 Å². The molecule has 1 unspecified atom stereocenters. The molecule has 0 saturated carbocycles. The Morgan fingerprint density at radius 1 is 1.47 bits per heavy atom. The number of nitrogens with two attached hydrogens (primary N) is 1. The molecule has 0 fully saturated rings. The van der Waals surface area contributed by atoms with Gasteiger partial charge >= 0.3 is 0 Å². The molecule has 0 amide bonds. The number of hydrogen-bond donors (Lipinski definition) is 2. The van der Waals surface area contributed by atoms with Crippen molar-refractivity contribution in [3.05, 3.63) is 28.9 Å². The first-order valence-electron chi connectivity index (χ1n) is 5.72. The van der Waals surface area contributed by atoms with Gasteiger partial charge in [0.1, 0.15) is 0 Å². The first kappa shape index (κ1) is 12.2. The van der Waals surface area contributed by atoms with Crippen LogP contribution in [0.4, 0.5) is 11.4 Å². The lowest BCUT2D eigenvalue weighted by Gasteiger charge is -2.15. The van der Waals surface area contributed by atoms with Crippen LogP contribution in [0.1, 0.15) is 20.3 Å². The maximum atomic E-state index is 5.97. The van der Waals surface area contributed by atoms with Crippen molar-refractivity contribution in [2.45, 2.75) is 26.3 Å². The number of nitrogens with zero attached hydrogens (tertiary/aromatic N) is 1. The number of rotatable bonds is 3. The molecule has 1 aromatic heterocycles. The van der Waals surface area contributed by atoms with Crippen LogP contribution in [0, 0.1) is 0 Å². The van der Waals surface area contributed by atoms with Gasteiger partial charge in [-0.2, -0.15) is 0 Å². The molecule has 0 radical (unpaired) electrons. The van der Waals surface area contributed by atoms with Gasteiger partial charge in [0, 0.05) is 27.8 Å². The fourth-order valence-electron chi connectivity index (χ4n) is 1.70. The van der Waals surface area contributed by atoms with Crippen molar-refractivity contribution in [1.82, 2.24) is 4.98 Å². The number of pyridine rings is 1. The summed E-state index contributed by atoms with van der Waals surface area (Å²) in [6.07, 6.45) is 2.87. The summed E-state index contributed by atoms with van der Waals surface area (Å²) in [6.45, 7) is 4.31. The molecule has 3 N–H and O–H groups in total. The topological polar surface area (TPSA) is 50.9 Å². The SMILES string of the molecule is CCC(C)Nc1ccc(N)c2cc(Br)cnc12. The molecule has 2 aromatic rings. The Morgan fingerprint density at radius 3 is 2.94 bits per heavy atom. The van der Waals surface area contributed by atoms with E-state index in [4.69, 9.17) is 5.73 Å². The third-order valence-electron chi connectivity index (χ3n) is 2.86. The molecular formula is C13H16BrN3. The molecule has 4 heteroatoms. The normalized spacial score (nSPS) is 12.6. The molecule has 0 aliphatic heterocycles. The van der Waals surface area contributed by atoms with Gasteiger partial charge in [-0.1, -0.05) is 6.92 Å². The zero-order chi connectivity index (χ0) is 12.4. The average Bonchev–Trinajstić information content (AvgIpc) is 2.33. The highest BCUT2D eigenvalue weighted by Crippen LogP contribution is 2.29. The summed E-state index contributed by atoms with van der Waals surface area (Å²) in [5.41, 5.74) is 8.68. The van der Waals surface area contributed by atoms with Crippen molar-refractivity contribution < 1.29 is 0 Å². The number of halogens is 1. The summed E-state index contributed by atoms with van der Waals surface area (Å²) in [5, 5.41) is 4.43. The zero-order valence-corrected chi connectivity index (χ0v) is 11.6. The van der Waals surface area contributed by atoms with Gasteiger partial charge in [0.15, 0.2) is 0 Å². The molecule has 90 valence electrons. The second-order valence-electron chi connectivity index (χ2n) is 4.21. The van der Waals surface area contributed by atoms with E-state index in [9.17, 15) is 0 Å². The summed E-state index contributed by atoms with van der Waals surface area (Å²) in [7, 11) is 0. The zero-order valence-electron chi connectivity index (χ0n) is 10.00. The second-order valence-corrected chi connectivity index (χ2v) is 5.12. The summed E-state index contributed by atoms with van der Waals surface area (Å²) >= 11 is 3.42. The molecule has 0 aliphatic carbocycles. The van der Waals surface area contributed by atoms with Gasteiger partial charge in [0.25, 0.3) is 0 Å². The number of nitrogens with one attached hydrogen (secondary N) is 1. The molecule has 3 nitrogen and oxygen atoms in total. The van der Waals surface area contributed by atoms with Gasteiger partial charge in [-0.3, -0.25) is 4.98 Å². The Balaban J connectivity index is 2.54. The van der Waals surface area contributed by atoms with E-state index in [0.717, 1.165) is 33.2 Å². The third kappa shape index (κ3) is 2.52. The Labute approximate surface area is 110 Å². The standard InChI is InChI=1S/C13H16BrN3/c1-3-8(2)17-12-5-4-11(15)10-6-9(14)7-16-13(10)12/h4-8,17H,3,15H2,1-2H3. The quantitative estimate of drug-likeness (QED) is 0.847. The Morgan fingerprint density at radius 2 is 2.24 bits per heavy atom. The molecule has 1 atom stereocenters. The van der Waals surface area contributed by atoms with Crippen LogP contribution in [0.5, 0.6) is 0 Å². The first-order chi connectivity index (χ1) is 8.11. The Bertz CT molecular complexity index is 539. The molecule has 17 heavy (non-hydrogen) atoms. The van der Waals surface area contributed by atoms with Gasteiger partial charge < -0.3 is 11.1 Å². The summed E-state index contributed by atoms with van der Waals surface area (Å²) in [4.78, 5) is 4.44. The van der Waals surface area contributed by atoms with Crippen LogP contribution in [0.3, 0.4) is 0 Å². The number of benzene rings is 1. The van der Waals surface area contributed by atoms with Crippen LogP contribution in [0.2, 0.25) is 0 Å². The van der Waals surface area contributed by atoms with Crippen LogP contribution >= 0.6 is 15.9 Å². The number of anilines is 2. The minimum atomic E-state index is 0.423. The number of aromatic nitrogens is 1. The van der Waals surface area contributed by atoms with E-state index in [1.807, 2.05) is 18.2 Å². The first-order valence-corrected chi connectivity index (χ1v) is 6.51. The molecule has 1 aromatic carbocycles. The summed E-state index contributed by atoms with van der Waals surface area (Å²) in [5.74, 6) is 0. The number of nitrogen functional groups attached to an aromatic ring is 1. The molecule has 0 spiro atoms. The maximum Gasteiger partial charge on any atom is 0.0954 e. The van der Waals surface area contributed by atoms with Gasteiger partial charge in [-0.05, 0) is 47.5 Å². The summed E-state index contributed by atoms with van der Waals surface area (Å²) in [6, 6.07) is 6.33. The highest BCUT2D eigenvalue weighted by atomic mass is 79.9. The molecular weight excluding hydrogens is 278 g/mol. The number of fused-ring (bicyclic) bond motifs is 1. The van der Waals surface area contributed by atoms with E-state index < -0.39 is 0 Å². The van der Waals surface area contributed by atoms with Gasteiger partial charge in [-0.15, -0.1) is 0 Å². The predicted molar refractivity (Wildman–Crippen MR) is 77.2 cm³/mol. The Kier molecular flexibility index (Phi) is 3.52. The minimum absolute atomic E-state index is 0.423. The summed E-state index contributed by atoms with van der Waals surface area (Å²) < 4.78 is 0.942. The van der Waals surface area contributed by atoms with Crippen molar-refractivity contribution in [3.63, 3.8) is 0 Å². The van der Waals surface area contributed by atoms with Crippen molar-refractivity contribution >= 4 is 38.2 Å². The van der Waals surface area contributed by atoms with E-state index in [0.29, 0.717) is 6.04 Å². The van der Waals surface area contributed by atoms with E-state index >= 15 is 0 Å². The molecule has 1 heterocycles. The molecule has 0 bridgehead atoms. The molecule has 0 aliphatic rings. The van der Waals surface area contributed by atoms with Crippen LogP contribution in [0.25, 0.3) is 10.9 Å². The lowest BCUT2D eigenvalue weighted by atomic mass is 10.1. The van der Waals surface area contributed by atoms with Crippen LogP contribution < -0.4 is 11.1 Å². The highest BCUT2D eigenvalue weighted by molar-refractivity contribution is 9.10. The monoisotopic (exact) mass is 293 g/mol.